The Kier molecular flexibility index (Phi) is 6.83. The van der Waals surface area contributed by atoms with E-state index in [4.69, 9.17) is 21.1 Å². The molecule has 0 heterocycles. The molecule has 2 aromatic rings. The van der Waals surface area contributed by atoms with Gasteiger partial charge in [0.25, 0.3) is 5.91 Å². The molecule has 0 aliphatic rings. The molecule has 2 rings (SSSR count). The Labute approximate surface area is 151 Å². The van der Waals surface area contributed by atoms with E-state index in [0.29, 0.717) is 16.3 Å². The van der Waals surface area contributed by atoms with Crippen LogP contribution in [-0.2, 0) is 9.53 Å². The highest BCUT2D eigenvalue weighted by Gasteiger charge is 2.18. The molecule has 0 spiro atoms. The minimum atomic E-state index is -0.747. The van der Waals surface area contributed by atoms with Gasteiger partial charge in [-0.05, 0) is 50.2 Å². The van der Waals surface area contributed by atoms with E-state index in [1.165, 1.54) is 0 Å². The number of hydrogen-bond donors (Lipinski definition) is 1. The van der Waals surface area contributed by atoms with Crippen LogP contribution in [0, 0.1) is 6.92 Å². The average Bonchev–Trinajstić information content (AvgIpc) is 2.60. The fourth-order valence-corrected chi connectivity index (χ4v) is 2.21. The molecule has 1 amide bonds. The minimum Gasteiger partial charge on any atom is -0.490 e. The molecular weight excluding hydrogens is 342 g/mol. The van der Waals surface area contributed by atoms with Crippen LogP contribution in [0.2, 0.25) is 5.02 Å². The molecule has 5 nitrogen and oxygen atoms in total. The standard InChI is InChI=1S/C19H20ClNO4/c1-13-4-3-5-15(12-13)18(22)21-14(2)19(23)25-11-10-24-17-8-6-16(20)7-9-17/h3-9,12,14H,10-11H2,1-2H3,(H,21,22)/t14-/m0/s1. The highest BCUT2D eigenvalue weighted by Crippen LogP contribution is 2.15. The number of aryl methyl sites for hydroxylation is 1. The molecule has 0 radical (unpaired) electrons. The van der Waals surface area contributed by atoms with Gasteiger partial charge in [0, 0.05) is 10.6 Å². The van der Waals surface area contributed by atoms with Crippen molar-refractivity contribution in [3.05, 3.63) is 64.7 Å². The molecule has 132 valence electrons. The van der Waals surface area contributed by atoms with Crippen LogP contribution < -0.4 is 10.1 Å². The van der Waals surface area contributed by atoms with Crippen molar-refractivity contribution in [1.29, 1.82) is 0 Å². The van der Waals surface area contributed by atoms with E-state index < -0.39 is 12.0 Å². The zero-order valence-electron chi connectivity index (χ0n) is 14.1. The van der Waals surface area contributed by atoms with Gasteiger partial charge in [0.2, 0.25) is 0 Å². The van der Waals surface area contributed by atoms with E-state index in [1.54, 1.807) is 49.4 Å². The van der Waals surface area contributed by atoms with Gasteiger partial charge in [-0.25, -0.2) is 4.79 Å². The lowest BCUT2D eigenvalue weighted by Crippen LogP contribution is -2.40. The van der Waals surface area contributed by atoms with Gasteiger partial charge < -0.3 is 14.8 Å². The fourth-order valence-electron chi connectivity index (χ4n) is 2.08. The maximum Gasteiger partial charge on any atom is 0.328 e. The SMILES string of the molecule is Cc1cccc(C(=O)N[C@@H](C)C(=O)OCCOc2ccc(Cl)cc2)c1. The molecule has 1 N–H and O–H groups in total. The van der Waals surface area contributed by atoms with E-state index >= 15 is 0 Å². The van der Waals surface area contributed by atoms with Crippen molar-refractivity contribution < 1.29 is 19.1 Å². The number of nitrogens with one attached hydrogen (secondary N) is 1. The zero-order valence-corrected chi connectivity index (χ0v) is 14.9. The molecule has 0 unspecified atom stereocenters. The second-order valence-electron chi connectivity index (χ2n) is 5.53. The third-order valence-electron chi connectivity index (χ3n) is 3.39. The Hall–Kier alpha value is -2.53. The van der Waals surface area contributed by atoms with E-state index in [2.05, 4.69) is 5.32 Å². The first kappa shape index (κ1) is 18.8. The van der Waals surface area contributed by atoms with Gasteiger partial charge in [0.15, 0.2) is 0 Å². The summed E-state index contributed by atoms with van der Waals surface area (Å²) in [5.74, 6) is -0.187. The summed E-state index contributed by atoms with van der Waals surface area (Å²) in [6.07, 6.45) is 0. The molecule has 0 aliphatic carbocycles. The summed E-state index contributed by atoms with van der Waals surface area (Å²) in [7, 11) is 0. The largest absolute Gasteiger partial charge is 0.490 e. The number of ether oxygens (including phenoxy) is 2. The van der Waals surface area contributed by atoms with E-state index in [0.717, 1.165) is 5.56 Å². The van der Waals surface area contributed by atoms with Crippen LogP contribution in [0.25, 0.3) is 0 Å². The molecule has 25 heavy (non-hydrogen) atoms. The average molecular weight is 362 g/mol. The van der Waals surface area contributed by atoms with Gasteiger partial charge in [0.1, 0.15) is 25.0 Å². The number of carbonyl (C=O) groups is 2. The molecule has 6 heteroatoms. The van der Waals surface area contributed by atoms with Crippen molar-refractivity contribution in [3.8, 4) is 5.75 Å². The van der Waals surface area contributed by atoms with E-state index in [9.17, 15) is 9.59 Å². The summed E-state index contributed by atoms with van der Waals surface area (Å²) in [6.45, 7) is 3.78. The Bertz CT molecular complexity index is 730. The topological polar surface area (TPSA) is 64.6 Å². The molecule has 0 fully saturated rings. The van der Waals surface area contributed by atoms with Crippen LogP contribution in [-0.4, -0.2) is 31.1 Å². The minimum absolute atomic E-state index is 0.0894. The molecule has 0 bridgehead atoms. The van der Waals surface area contributed by atoms with Crippen molar-refractivity contribution in [2.75, 3.05) is 13.2 Å². The van der Waals surface area contributed by atoms with E-state index in [1.807, 2.05) is 13.0 Å². The van der Waals surface area contributed by atoms with Gasteiger partial charge in [-0.2, -0.15) is 0 Å². The number of esters is 1. The van der Waals surface area contributed by atoms with Crippen molar-refractivity contribution in [2.45, 2.75) is 19.9 Å². The number of hydrogen-bond acceptors (Lipinski definition) is 4. The van der Waals surface area contributed by atoms with Crippen molar-refractivity contribution in [1.82, 2.24) is 5.32 Å². The molecule has 1 atom stereocenters. The predicted molar refractivity (Wildman–Crippen MR) is 96.0 cm³/mol. The summed E-state index contributed by atoms with van der Waals surface area (Å²) in [5.41, 5.74) is 1.48. The molecular formula is C19H20ClNO4. The second kappa shape index (κ2) is 9.08. The Morgan fingerprint density at radius 2 is 1.84 bits per heavy atom. The van der Waals surface area contributed by atoms with Crippen molar-refractivity contribution >= 4 is 23.5 Å². The van der Waals surface area contributed by atoms with Gasteiger partial charge in [-0.1, -0.05) is 29.3 Å². The van der Waals surface area contributed by atoms with Crippen molar-refractivity contribution in [3.63, 3.8) is 0 Å². The molecule has 2 aromatic carbocycles. The first-order valence-corrected chi connectivity index (χ1v) is 8.26. The number of carbonyl (C=O) groups excluding carboxylic acids is 2. The summed E-state index contributed by atoms with van der Waals surface area (Å²) < 4.78 is 10.5. The van der Waals surface area contributed by atoms with Gasteiger partial charge in [0.05, 0.1) is 0 Å². The van der Waals surface area contributed by atoms with E-state index in [-0.39, 0.29) is 19.1 Å². The predicted octanol–water partition coefficient (Wildman–Crippen LogP) is 3.39. The summed E-state index contributed by atoms with van der Waals surface area (Å²) in [6, 6.07) is 13.3. The first-order chi connectivity index (χ1) is 12.0. The lowest BCUT2D eigenvalue weighted by molar-refractivity contribution is -0.146. The molecule has 0 saturated carbocycles. The van der Waals surface area contributed by atoms with Crippen LogP contribution >= 0.6 is 11.6 Å². The third-order valence-corrected chi connectivity index (χ3v) is 3.64. The number of benzene rings is 2. The Morgan fingerprint density at radius 1 is 1.12 bits per heavy atom. The van der Waals surface area contributed by atoms with Crippen LogP contribution in [0.1, 0.15) is 22.8 Å². The maximum atomic E-state index is 12.1. The van der Waals surface area contributed by atoms with Crippen molar-refractivity contribution in [2.24, 2.45) is 0 Å². The summed E-state index contributed by atoms with van der Waals surface area (Å²) in [5, 5.41) is 3.24. The van der Waals surface area contributed by atoms with Crippen LogP contribution in [0.15, 0.2) is 48.5 Å². The summed E-state index contributed by atoms with van der Waals surface area (Å²) in [4.78, 5) is 24.0. The first-order valence-electron chi connectivity index (χ1n) is 7.88. The fraction of sp³-hybridized carbons (Fsp3) is 0.263. The normalized spacial score (nSPS) is 11.5. The van der Waals surface area contributed by atoms with Gasteiger partial charge in [-0.3, -0.25) is 4.79 Å². The quantitative estimate of drug-likeness (QED) is 0.606. The molecule has 0 saturated heterocycles. The summed E-state index contributed by atoms with van der Waals surface area (Å²) >= 11 is 5.78. The highest BCUT2D eigenvalue weighted by molar-refractivity contribution is 6.30. The van der Waals surface area contributed by atoms with Crippen LogP contribution in [0.4, 0.5) is 0 Å². The molecule has 0 aromatic heterocycles. The van der Waals surface area contributed by atoms with Crippen LogP contribution in [0.5, 0.6) is 5.75 Å². The maximum absolute atomic E-state index is 12.1. The smallest absolute Gasteiger partial charge is 0.328 e. The number of amides is 1. The lowest BCUT2D eigenvalue weighted by Gasteiger charge is -2.14. The van der Waals surface area contributed by atoms with Gasteiger partial charge >= 0.3 is 5.97 Å². The van der Waals surface area contributed by atoms with Crippen LogP contribution in [0.3, 0.4) is 0 Å². The van der Waals surface area contributed by atoms with Gasteiger partial charge in [-0.15, -0.1) is 0 Å². The third kappa shape index (κ3) is 6.12. The highest BCUT2D eigenvalue weighted by atomic mass is 35.5. The monoisotopic (exact) mass is 361 g/mol. The lowest BCUT2D eigenvalue weighted by atomic mass is 10.1. The Morgan fingerprint density at radius 3 is 2.52 bits per heavy atom. The zero-order chi connectivity index (χ0) is 18.2. The number of rotatable bonds is 7. The molecule has 0 aliphatic heterocycles. The number of halogens is 1. The Balaban J connectivity index is 1.72. The second-order valence-corrected chi connectivity index (χ2v) is 5.97.